The number of aromatic nitrogens is 3. The van der Waals surface area contributed by atoms with E-state index in [-0.39, 0.29) is 0 Å². The summed E-state index contributed by atoms with van der Waals surface area (Å²) < 4.78 is 0. The Hall–Kier alpha value is -3.48. The van der Waals surface area contributed by atoms with Crippen molar-refractivity contribution in [1.29, 1.82) is 0 Å². The van der Waals surface area contributed by atoms with Crippen LogP contribution in [0.25, 0.3) is 11.4 Å². The highest BCUT2D eigenvalue weighted by atomic mass is 16.2. The molecule has 0 aliphatic carbocycles. The second-order valence-electron chi connectivity index (χ2n) is 5.13. The zero-order valence-electron chi connectivity index (χ0n) is 12.6. The van der Waals surface area contributed by atoms with Crippen LogP contribution in [0.3, 0.4) is 0 Å². The summed E-state index contributed by atoms with van der Waals surface area (Å²) >= 11 is 0. The highest BCUT2D eigenvalue weighted by Gasteiger charge is 2.21. The molecule has 24 heavy (non-hydrogen) atoms. The molecule has 1 atom stereocenters. The van der Waals surface area contributed by atoms with Gasteiger partial charge in [-0.15, -0.1) is 0 Å². The number of benzene rings is 2. The Morgan fingerprint density at radius 3 is 2.54 bits per heavy atom. The van der Waals surface area contributed by atoms with Gasteiger partial charge in [-0.05, 0) is 17.7 Å². The third-order valence-corrected chi connectivity index (χ3v) is 3.51. The van der Waals surface area contributed by atoms with Crippen molar-refractivity contribution in [3.63, 3.8) is 0 Å². The number of amides is 2. The van der Waals surface area contributed by atoms with Gasteiger partial charge >= 0.3 is 0 Å². The van der Waals surface area contributed by atoms with Gasteiger partial charge < -0.3 is 11.1 Å². The van der Waals surface area contributed by atoms with Gasteiger partial charge in [-0.2, -0.15) is 5.10 Å². The second-order valence-corrected chi connectivity index (χ2v) is 5.13. The summed E-state index contributed by atoms with van der Waals surface area (Å²) in [7, 11) is 0. The van der Waals surface area contributed by atoms with Crippen LogP contribution >= 0.6 is 0 Å². The average molecular weight is 321 g/mol. The largest absolute Gasteiger partial charge is 0.368 e. The first-order chi connectivity index (χ1) is 11.6. The minimum atomic E-state index is -0.896. The van der Waals surface area contributed by atoms with Crippen molar-refractivity contribution >= 4 is 11.8 Å². The summed E-state index contributed by atoms with van der Waals surface area (Å²) in [5, 5.41) is 9.19. The van der Waals surface area contributed by atoms with E-state index in [1.54, 1.807) is 48.5 Å². The van der Waals surface area contributed by atoms with E-state index in [9.17, 15) is 9.59 Å². The van der Waals surface area contributed by atoms with Gasteiger partial charge in [0.2, 0.25) is 5.91 Å². The fourth-order valence-corrected chi connectivity index (χ4v) is 2.33. The molecular formula is C17H15N5O2. The summed E-state index contributed by atoms with van der Waals surface area (Å²) in [4.78, 5) is 28.2. The van der Waals surface area contributed by atoms with E-state index < -0.39 is 17.9 Å². The number of hydrogen-bond acceptors (Lipinski definition) is 4. The Morgan fingerprint density at radius 2 is 1.88 bits per heavy atom. The topological polar surface area (TPSA) is 114 Å². The molecule has 1 heterocycles. The summed E-state index contributed by atoms with van der Waals surface area (Å²) in [6.07, 6.45) is 1.39. The molecule has 0 saturated carbocycles. The molecule has 0 saturated heterocycles. The first kappa shape index (κ1) is 15.4. The van der Waals surface area contributed by atoms with Gasteiger partial charge in [0.1, 0.15) is 12.4 Å². The van der Waals surface area contributed by atoms with Crippen molar-refractivity contribution in [1.82, 2.24) is 20.5 Å². The normalized spacial score (nSPS) is 11.7. The van der Waals surface area contributed by atoms with E-state index in [4.69, 9.17) is 5.73 Å². The van der Waals surface area contributed by atoms with Crippen LogP contribution in [0.15, 0.2) is 60.9 Å². The van der Waals surface area contributed by atoms with Crippen molar-refractivity contribution in [2.45, 2.75) is 6.04 Å². The lowest BCUT2D eigenvalue weighted by Gasteiger charge is -2.16. The van der Waals surface area contributed by atoms with E-state index in [0.29, 0.717) is 17.0 Å². The number of carbonyl (C=O) groups is 2. The predicted molar refractivity (Wildman–Crippen MR) is 87.7 cm³/mol. The molecule has 7 nitrogen and oxygen atoms in total. The van der Waals surface area contributed by atoms with Crippen molar-refractivity contribution in [2.75, 3.05) is 0 Å². The molecule has 0 aliphatic rings. The van der Waals surface area contributed by atoms with Crippen LogP contribution in [0.1, 0.15) is 22.0 Å². The lowest BCUT2D eigenvalue weighted by atomic mass is 10.0. The highest BCUT2D eigenvalue weighted by Crippen LogP contribution is 2.17. The Bertz CT molecular complexity index is 846. The third-order valence-electron chi connectivity index (χ3n) is 3.51. The Morgan fingerprint density at radius 1 is 1.08 bits per heavy atom. The first-order valence-corrected chi connectivity index (χ1v) is 7.26. The highest BCUT2D eigenvalue weighted by molar-refractivity contribution is 5.98. The minimum absolute atomic E-state index is 0.395. The lowest BCUT2D eigenvalue weighted by molar-refractivity contribution is -0.120. The molecule has 3 aromatic rings. The maximum atomic E-state index is 12.5. The third kappa shape index (κ3) is 3.30. The molecule has 120 valence electrons. The number of nitrogens with zero attached hydrogens (tertiary/aromatic N) is 2. The van der Waals surface area contributed by atoms with Gasteiger partial charge in [-0.3, -0.25) is 14.7 Å². The van der Waals surface area contributed by atoms with Crippen molar-refractivity contribution in [3.05, 3.63) is 72.1 Å². The van der Waals surface area contributed by atoms with Crippen LogP contribution in [0.2, 0.25) is 0 Å². The van der Waals surface area contributed by atoms with Crippen LogP contribution in [-0.2, 0) is 4.79 Å². The number of rotatable bonds is 5. The quantitative estimate of drug-likeness (QED) is 0.659. The number of nitrogens with two attached hydrogens (primary N) is 1. The van der Waals surface area contributed by atoms with E-state index in [1.165, 1.54) is 6.33 Å². The molecule has 0 unspecified atom stereocenters. The first-order valence-electron chi connectivity index (χ1n) is 7.26. The molecule has 7 heteroatoms. The summed E-state index contributed by atoms with van der Waals surface area (Å²) in [5.41, 5.74) is 7.17. The zero-order valence-corrected chi connectivity index (χ0v) is 12.6. The molecule has 2 amide bonds. The zero-order chi connectivity index (χ0) is 16.9. The van der Waals surface area contributed by atoms with Gasteiger partial charge in [0.05, 0.1) is 0 Å². The molecule has 0 spiro atoms. The molecule has 3 rings (SSSR count). The van der Waals surface area contributed by atoms with Gasteiger partial charge in [0, 0.05) is 11.1 Å². The standard InChI is InChI=1S/C17H15N5O2/c18-15(23)14(11-5-2-1-3-6-11)21-17(24)13-8-4-7-12(9-13)16-19-10-20-22-16/h1-10,14H,(H2,18,23)(H,21,24)(H,19,20,22)/t14-/m0/s1. The maximum Gasteiger partial charge on any atom is 0.252 e. The molecular weight excluding hydrogens is 306 g/mol. The van der Waals surface area contributed by atoms with Crippen LogP contribution in [0.5, 0.6) is 0 Å². The lowest BCUT2D eigenvalue weighted by Crippen LogP contribution is -2.37. The van der Waals surface area contributed by atoms with Crippen LogP contribution in [0.4, 0.5) is 0 Å². The van der Waals surface area contributed by atoms with Gasteiger partial charge in [0.25, 0.3) is 5.91 Å². The van der Waals surface area contributed by atoms with Crippen molar-refractivity contribution in [2.24, 2.45) is 5.73 Å². The van der Waals surface area contributed by atoms with Gasteiger partial charge in [-0.1, -0.05) is 42.5 Å². The fourth-order valence-electron chi connectivity index (χ4n) is 2.33. The van der Waals surface area contributed by atoms with Crippen molar-refractivity contribution < 1.29 is 9.59 Å². The minimum Gasteiger partial charge on any atom is -0.368 e. The smallest absolute Gasteiger partial charge is 0.252 e. The van der Waals surface area contributed by atoms with E-state index in [0.717, 1.165) is 5.56 Å². The molecule has 0 radical (unpaired) electrons. The van der Waals surface area contributed by atoms with Gasteiger partial charge in [0.15, 0.2) is 5.82 Å². The predicted octanol–water partition coefficient (Wildman–Crippen LogP) is 1.43. The summed E-state index contributed by atoms with van der Waals surface area (Å²) in [5.74, 6) is -0.468. The number of hydrogen-bond donors (Lipinski definition) is 3. The van der Waals surface area contributed by atoms with E-state index in [2.05, 4.69) is 20.5 Å². The molecule has 4 N–H and O–H groups in total. The molecule has 0 bridgehead atoms. The molecule has 0 fully saturated rings. The number of carbonyl (C=O) groups excluding carboxylic acids is 2. The Balaban J connectivity index is 1.84. The number of primary amides is 1. The SMILES string of the molecule is NC(=O)[C@@H](NC(=O)c1cccc(-c2ncn[nH]2)c1)c1ccccc1. The summed E-state index contributed by atoms with van der Waals surface area (Å²) in [6.45, 7) is 0. The van der Waals surface area contributed by atoms with Crippen LogP contribution in [0, 0.1) is 0 Å². The van der Waals surface area contributed by atoms with E-state index in [1.807, 2.05) is 6.07 Å². The molecule has 0 aliphatic heterocycles. The number of aromatic amines is 1. The molecule has 2 aromatic carbocycles. The van der Waals surface area contributed by atoms with Crippen LogP contribution in [-0.4, -0.2) is 27.0 Å². The Labute approximate surface area is 137 Å². The fraction of sp³-hybridized carbons (Fsp3) is 0.0588. The monoisotopic (exact) mass is 321 g/mol. The number of nitrogens with one attached hydrogen (secondary N) is 2. The van der Waals surface area contributed by atoms with E-state index >= 15 is 0 Å². The number of H-pyrrole nitrogens is 1. The second kappa shape index (κ2) is 6.74. The Kier molecular flexibility index (Phi) is 4.33. The maximum absolute atomic E-state index is 12.5. The van der Waals surface area contributed by atoms with Crippen molar-refractivity contribution in [3.8, 4) is 11.4 Å². The average Bonchev–Trinajstić information content (AvgIpc) is 3.15. The van der Waals surface area contributed by atoms with Gasteiger partial charge in [-0.25, -0.2) is 4.98 Å². The summed E-state index contributed by atoms with van der Waals surface area (Å²) in [6, 6.07) is 14.8. The molecule has 1 aromatic heterocycles. The van der Waals surface area contributed by atoms with Crippen LogP contribution < -0.4 is 11.1 Å².